The summed E-state index contributed by atoms with van der Waals surface area (Å²) in [6.45, 7) is 16.2. The zero-order chi connectivity index (χ0) is 14.9. The third-order valence-electron chi connectivity index (χ3n) is 3.62. The van der Waals surface area contributed by atoms with Gasteiger partial charge in [-0.1, -0.05) is 32.6 Å². The van der Waals surface area contributed by atoms with Crippen LogP contribution in [0.15, 0.2) is 29.9 Å². The smallest absolute Gasteiger partial charge is 0.205 e. The Morgan fingerprint density at radius 2 is 2.10 bits per heavy atom. The molecule has 4 heteroatoms. The van der Waals surface area contributed by atoms with Crippen molar-refractivity contribution < 1.29 is 0 Å². The van der Waals surface area contributed by atoms with Gasteiger partial charge in [0.2, 0.25) is 5.29 Å². The van der Waals surface area contributed by atoms with Crippen LogP contribution in [0.3, 0.4) is 0 Å². The van der Waals surface area contributed by atoms with Crippen molar-refractivity contribution in [1.82, 2.24) is 9.47 Å². The average molecular weight is 292 g/mol. The highest BCUT2D eigenvalue weighted by Gasteiger charge is 2.26. The molecule has 1 aromatic rings. The van der Waals surface area contributed by atoms with Crippen molar-refractivity contribution in [1.29, 1.82) is 0 Å². The van der Waals surface area contributed by atoms with Gasteiger partial charge in [-0.05, 0) is 36.9 Å². The van der Waals surface area contributed by atoms with Crippen LogP contribution in [-0.2, 0) is 6.54 Å². The number of hydrogen-bond acceptors (Lipinski definition) is 2. The van der Waals surface area contributed by atoms with E-state index < -0.39 is 0 Å². The van der Waals surface area contributed by atoms with E-state index in [2.05, 4.69) is 49.7 Å². The highest BCUT2D eigenvalue weighted by Crippen LogP contribution is 2.38. The molecular formula is C16H22ClN3. The fourth-order valence-electron chi connectivity index (χ4n) is 2.47. The number of amidine groups is 1. The van der Waals surface area contributed by atoms with Gasteiger partial charge in [0.15, 0.2) is 0 Å². The topological polar surface area (TPSA) is 20.5 Å². The first-order chi connectivity index (χ1) is 9.49. The van der Waals surface area contributed by atoms with Gasteiger partial charge in [-0.15, -0.1) is 0 Å². The summed E-state index contributed by atoms with van der Waals surface area (Å²) in [5, 5.41) is 0.505. The van der Waals surface area contributed by atoms with E-state index >= 15 is 0 Å². The first-order valence-electron chi connectivity index (χ1n) is 7.06. The Morgan fingerprint density at radius 3 is 2.70 bits per heavy atom. The standard InChI is InChI=1S/C16H22ClN3/c1-6-8-20-13(5)14-12(4)10-19(9-11(3)7-2)15(14)18-16(20)17/h10H,3,5-9H2,1-2,4H3. The summed E-state index contributed by atoms with van der Waals surface area (Å²) in [6, 6.07) is 0. The zero-order valence-electron chi connectivity index (χ0n) is 12.5. The summed E-state index contributed by atoms with van der Waals surface area (Å²) in [4.78, 5) is 6.56. The summed E-state index contributed by atoms with van der Waals surface area (Å²) < 4.78 is 2.12. The molecule has 0 unspecified atom stereocenters. The normalized spacial score (nSPS) is 14.3. The number of aliphatic imine (C=N–C) groups is 1. The van der Waals surface area contributed by atoms with Crippen LogP contribution < -0.4 is 0 Å². The summed E-state index contributed by atoms with van der Waals surface area (Å²) in [7, 11) is 0. The van der Waals surface area contributed by atoms with E-state index in [9.17, 15) is 0 Å². The summed E-state index contributed by atoms with van der Waals surface area (Å²) in [6.07, 6.45) is 4.08. The summed E-state index contributed by atoms with van der Waals surface area (Å²) >= 11 is 6.32. The Kier molecular flexibility index (Phi) is 4.39. The fraction of sp³-hybridized carbons (Fsp3) is 0.438. The lowest BCUT2D eigenvalue weighted by Crippen LogP contribution is -2.28. The van der Waals surface area contributed by atoms with Crippen LogP contribution in [0.5, 0.6) is 0 Å². The highest BCUT2D eigenvalue weighted by atomic mass is 35.5. The predicted octanol–water partition coefficient (Wildman–Crippen LogP) is 4.69. The van der Waals surface area contributed by atoms with Crippen molar-refractivity contribution in [3.63, 3.8) is 0 Å². The minimum atomic E-state index is 0.505. The van der Waals surface area contributed by atoms with E-state index in [1.807, 2.05) is 4.90 Å². The Hall–Kier alpha value is -1.48. The molecule has 0 bridgehead atoms. The lowest BCUT2D eigenvalue weighted by molar-refractivity contribution is 0.575. The van der Waals surface area contributed by atoms with Crippen LogP contribution in [0.4, 0.5) is 5.82 Å². The monoisotopic (exact) mass is 291 g/mol. The molecule has 1 aliphatic rings. The van der Waals surface area contributed by atoms with Crippen molar-refractivity contribution in [2.75, 3.05) is 6.54 Å². The molecule has 0 fully saturated rings. The van der Waals surface area contributed by atoms with E-state index in [-0.39, 0.29) is 0 Å². The molecule has 0 saturated carbocycles. The molecule has 0 atom stereocenters. The highest BCUT2D eigenvalue weighted by molar-refractivity contribution is 6.65. The van der Waals surface area contributed by atoms with Gasteiger partial charge in [-0.25, -0.2) is 4.99 Å². The third kappa shape index (κ3) is 2.55. The van der Waals surface area contributed by atoms with E-state index in [1.54, 1.807) is 0 Å². The number of fused-ring (bicyclic) bond motifs is 1. The van der Waals surface area contributed by atoms with Crippen molar-refractivity contribution >= 4 is 28.4 Å². The van der Waals surface area contributed by atoms with Crippen LogP contribution in [0.25, 0.3) is 5.70 Å². The van der Waals surface area contributed by atoms with E-state index in [0.717, 1.165) is 43.0 Å². The fourth-order valence-corrected chi connectivity index (χ4v) is 2.74. The van der Waals surface area contributed by atoms with Crippen molar-refractivity contribution in [2.45, 2.75) is 40.2 Å². The third-order valence-corrected chi connectivity index (χ3v) is 3.90. The second-order valence-corrected chi connectivity index (χ2v) is 5.56. The Balaban J connectivity index is 2.45. The number of hydrogen-bond donors (Lipinski definition) is 0. The second kappa shape index (κ2) is 5.88. The number of aromatic nitrogens is 1. The van der Waals surface area contributed by atoms with Gasteiger partial charge in [0.1, 0.15) is 5.82 Å². The van der Waals surface area contributed by atoms with Gasteiger partial charge in [0.25, 0.3) is 0 Å². The number of rotatable bonds is 5. The molecule has 0 amide bonds. The predicted molar refractivity (Wildman–Crippen MR) is 87.6 cm³/mol. The van der Waals surface area contributed by atoms with Gasteiger partial charge < -0.3 is 9.47 Å². The zero-order valence-corrected chi connectivity index (χ0v) is 13.3. The molecule has 0 spiro atoms. The van der Waals surface area contributed by atoms with Gasteiger partial charge in [0.05, 0.1) is 0 Å². The molecule has 0 saturated heterocycles. The molecule has 2 rings (SSSR count). The van der Waals surface area contributed by atoms with Crippen molar-refractivity contribution in [3.05, 3.63) is 36.1 Å². The molecule has 1 aliphatic heterocycles. The number of allylic oxidation sites excluding steroid dienone is 1. The molecule has 0 aliphatic carbocycles. The molecule has 108 valence electrons. The maximum Gasteiger partial charge on any atom is 0.205 e. The van der Waals surface area contributed by atoms with Gasteiger partial charge in [-0.2, -0.15) is 0 Å². The van der Waals surface area contributed by atoms with Crippen LogP contribution in [0, 0.1) is 6.92 Å². The van der Waals surface area contributed by atoms with Crippen LogP contribution in [0.2, 0.25) is 0 Å². The average Bonchev–Trinajstić information content (AvgIpc) is 2.70. The lowest BCUT2D eigenvalue weighted by atomic mass is 10.1. The minimum Gasteiger partial charge on any atom is -0.328 e. The first kappa shape index (κ1) is 14.9. The maximum atomic E-state index is 6.32. The van der Waals surface area contributed by atoms with Crippen LogP contribution >= 0.6 is 11.6 Å². The molecule has 1 aromatic heterocycles. The Morgan fingerprint density at radius 1 is 1.40 bits per heavy atom. The lowest BCUT2D eigenvalue weighted by Gasteiger charge is -2.28. The quantitative estimate of drug-likeness (QED) is 0.569. The Bertz CT molecular complexity index is 581. The molecule has 20 heavy (non-hydrogen) atoms. The first-order valence-corrected chi connectivity index (χ1v) is 7.44. The molecule has 2 heterocycles. The molecule has 3 nitrogen and oxygen atoms in total. The van der Waals surface area contributed by atoms with Gasteiger partial charge >= 0.3 is 0 Å². The van der Waals surface area contributed by atoms with E-state index in [0.29, 0.717) is 5.29 Å². The molecule has 0 aromatic carbocycles. The largest absolute Gasteiger partial charge is 0.328 e. The number of halogens is 1. The van der Waals surface area contributed by atoms with Gasteiger partial charge in [0, 0.05) is 30.5 Å². The molecule has 0 radical (unpaired) electrons. The number of aryl methyl sites for hydroxylation is 1. The molecule has 0 N–H and O–H groups in total. The minimum absolute atomic E-state index is 0.505. The van der Waals surface area contributed by atoms with Gasteiger partial charge in [-0.3, -0.25) is 0 Å². The van der Waals surface area contributed by atoms with Crippen molar-refractivity contribution in [2.24, 2.45) is 4.99 Å². The second-order valence-electron chi connectivity index (χ2n) is 5.22. The van der Waals surface area contributed by atoms with Crippen LogP contribution in [0.1, 0.15) is 37.8 Å². The summed E-state index contributed by atoms with van der Waals surface area (Å²) in [5.41, 5.74) is 4.41. The van der Waals surface area contributed by atoms with E-state index in [4.69, 9.17) is 11.6 Å². The summed E-state index contributed by atoms with van der Waals surface area (Å²) in [5.74, 6) is 0.902. The number of nitrogens with zero attached hydrogens (tertiary/aromatic N) is 3. The molecular weight excluding hydrogens is 270 g/mol. The van der Waals surface area contributed by atoms with Crippen molar-refractivity contribution in [3.8, 4) is 0 Å². The maximum absolute atomic E-state index is 6.32. The Labute approximate surface area is 126 Å². The van der Waals surface area contributed by atoms with E-state index in [1.165, 1.54) is 11.1 Å². The van der Waals surface area contributed by atoms with Crippen LogP contribution in [-0.4, -0.2) is 21.3 Å². The SMILES string of the molecule is C=C(CC)Cn1cc(C)c2c1N=C(Cl)N(CCC)C2=C.